The highest BCUT2D eigenvalue weighted by molar-refractivity contribution is 6.30. The van der Waals surface area contributed by atoms with Crippen molar-refractivity contribution in [3.05, 3.63) is 28.8 Å². The highest BCUT2D eigenvalue weighted by Gasteiger charge is 2.15. The lowest BCUT2D eigenvalue weighted by atomic mass is 10.2. The molecular weight excluding hydrogens is 276 g/mol. The third-order valence-corrected chi connectivity index (χ3v) is 2.77. The van der Waals surface area contributed by atoms with Crippen LogP contribution in [-0.2, 0) is 4.74 Å². The van der Waals surface area contributed by atoms with Gasteiger partial charge in [0.05, 0.1) is 0 Å². The largest absolute Gasteiger partial charge is 0.444 e. The Balaban J connectivity index is 2.22. The third kappa shape index (κ3) is 6.66. The van der Waals surface area contributed by atoms with Gasteiger partial charge in [0.25, 0.3) is 0 Å². The van der Waals surface area contributed by atoms with Gasteiger partial charge in [-0.05, 0) is 51.8 Å². The lowest BCUT2D eigenvalue weighted by Crippen LogP contribution is -2.33. The minimum absolute atomic E-state index is 0.378. The van der Waals surface area contributed by atoms with E-state index in [4.69, 9.17) is 16.3 Å². The molecule has 0 saturated carbocycles. The van der Waals surface area contributed by atoms with Gasteiger partial charge in [-0.2, -0.15) is 0 Å². The van der Waals surface area contributed by atoms with E-state index in [9.17, 15) is 4.79 Å². The quantitative estimate of drug-likeness (QED) is 0.809. The first-order valence-corrected chi connectivity index (χ1v) is 7.12. The molecule has 2 N–H and O–H groups in total. The molecule has 0 aromatic heterocycles. The number of aryl methyl sites for hydroxylation is 1. The molecule has 112 valence electrons. The van der Waals surface area contributed by atoms with Crippen LogP contribution in [0.15, 0.2) is 18.2 Å². The standard InChI is InChI=1S/C15H23ClN2O2/c1-11-6-7-12(16)10-13(11)17-8-5-9-18-14(19)20-15(2,3)4/h6-7,10,17H,5,8-9H2,1-4H3,(H,18,19). The second-order valence-electron chi connectivity index (χ2n) is 5.67. The van der Waals surface area contributed by atoms with Crippen molar-refractivity contribution in [2.45, 2.75) is 39.7 Å². The number of benzene rings is 1. The number of carbonyl (C=O) groups is 1. The van der Waals surface area contributed by atoms with E-state index >= 15 is 0 Å². The van der Waals surface area contributed by atoms with Crippen LogP contribution in [0.1, 0.15) is 32.8 Å². The monoisotopic (exact) mass is 298 g/mol. The molecular formula is C15H23ClN2O2. The lowest BCUT2D eigenvalue weighted by molar-refractivity contribution is 0.0528. The molecule has 0 unspecified atom stereocenters. The Morgan fingerprint density at radius 3 is 2.65 bits per heavy atom. The van der Waals surface area contributed by atoms with Crippen molar-refractivity contribution >= 4 is 23.4 Å². The normalized spacial score (nSPS) is 11.1. The first-order valence-electron chi connectivity index (χ1n) is 6.75. The predicted molar refractivity (Wildman–Crippen MR) is 83.5 cm³/mol. The minimum atomic E-state index is -0.458. The van der Waals surface area contributed by atoms with Crippen LogP contribution in [0.4, 0.5) is 10.5 Å². The number of alkyl carbamates (subject to hydrolysis) is 1. The van der Waals surface area contributed by atoms with Gasteiger partial charge in [0, 0.05) is 23.8 Å². The van der Waals surface area contributed by atoms with Crippen LogP contribution >= 0.6 is 11.6 Å². The van der Waals surface area contributed by atoms with Crippen LogP contribution in [0.5, 0.6) is 0 Å². The zero-order valence-corrected chi connectivity index (χ0v) is 13.3. The summed E-state index contributed by atoms with van der Waals surface area (Å²) in [7, 11) is 0. The van der Waals surface area contributed by atoms with E-state index in [2.05, 4.69) is 10.6 Å². The Bertz CT molecular complexity index is 456. The van der Waals surface area contributed by atoms with Gasteiger partial charge in [0.1, 0.15) is 5.60 Å². The van der Waals surface area contributed by atoms with Gasteiger partial charge in [-0.1, -0.05) is 17.7 Å². The molecule has 20 heavy (non-hydrogen) atoms. The van der Waals surface area contributed by atoms with Crippen molar-refractivity contribution in [2.24, 2.45) is 0 Å². The maximum absolute atomic E-state index is 11.4. The van der Waals surface area contributed by atoms with Gasteiger partial charge in [-0.3, -0.25) is 0 Å². The van der Waals surface area contributed by atoms with Crippen LogP contribution in [0.2, 0.25) is 5.02 Å². The van der Waals surface area contributed by atoms with Crippen LogP contribution < -0.4 is 10.6 Å². The van der Waals surface area contributed by atoms with E-state index in [0.29, 0.717) is 11.6 Å². The molecule has 0 aliphatic rings. The topological polar surface area (TPSA) is 50.4 Å². The van der Waals surface area contributed by atoms with Crippen molar-refractivity contribution in [3.63, 3.8) is 0 Å². The van der Waals surface area contributed by atoms with Gasteiger partial charge in [0.15, 0.2) is 0 Å². The molecule has 4 nitrogen and oxygen atoms in total. The predicted octanol–water partition coefficient (Wildman–Crippen LogP) is 3.98. The molecule has 1 amide bonds. The molecule has 0 radical (unpaired) electrons. The summed E-state index contributed by atoms with van der Waals surface area (Å²) in [5.41, 5.74) is 1.71. The average Bonchev–Trinajstić information content (AvgIpc) is 2.30. The van der Waals surface area contributed by atoms with Crippen molar-refractivity contribution in [2.75, 3.05) is 18.4 Å². The second-order valence-corrected chi connectivity index (χ2v) is 6.10. The van der Waals surface area contributed by atoms with Crippen LogP contribution in [0, 0.1) is 6.92 Å². The van der Waals surface area contributed by atoms with E-state index < -0.39 is 5.60 Å². The summed E-state index contributed by atoms with van der Waals surface area (Å²) in [6, 6.07) is 5.74. The Kier molecular flexibility index (Phi) is 6.14. The van der Waals surface area contributed by atoms with Crippen molar-refractivity contribution < 1.29 is 9.53 Å². The number of nitrogens with one attached hydrogen (secondary N) is 2. The fourth-order valence-corrected chi connectivity index (χ4v) is 1.77. The Morgan fingerprint density at radius 1 is 1.30 bits per heavy atom. The van der Waals surface area contributed by atoms with Gasteiger partial charge < -0.3 is 15.4 Å². The Hall–Kier alpha value is -1.42. The number of ether oxygens (including phenoxy) is 1. The average molecular weight is 299 g/mol. The molecule has 0 atom stereocenters. The summed E-state index contributed by atoms with van der Waals surface area (Å²) in [6.45, 7) is 8.89. The molecule has 0 saturated heterocycles. The fourth-order valence-electron chi connectivity index (χ4n) is 1.60. The first kappa shape index (κ1) is 16.6. The van der Waals surface area contributed by atoms with Crippen LogP contribution in [0.25, 0.3) is 0 Å². The molecule has 0 bridgehead atoms. The summed E-state index contributed by atoms with van der Waals surface area (Å²) in [5, 5.41) is 6.74. The van der Waals surface area contributed by atoms with Crippen molar-refractivity contribution in [3.8, 4) is 0 Å². The van der Waals surface area contributed by atoms with Gasteiger partial charge in [-0.15, -0.1) is 0 Å². The van der Waals surface area contributed by atoms with E-state index in [-0.39, 0.29) is 6.09 Å². The van der Waals surface area contributed by atoms with Gasteiger partial charge in [0.2, 0.25) is 0 Å². The summed E-state index contributed by atoms with van der Waals surface area (Å²) >= 11 is 5.95. The number of halogens is 1. The molecule has 0 fully saturated rings. The number of hydrogen-bond acceptors (Lipinski definition) is 3. The Labute approximate surface area is 125 Å². The number of amides is 1. The number of hydrogen-bond donors (Lipinski definition) is 2. The molecule has 1 rings (SSSR count). The summed E-state index contributed by atoms with van der Waals surface area (Å²) in [5.74, 6) is 0. The van der Waals surface area contributed by atoms with Crippen molar-refractivity contribution in [1.82, 2.24) is 5.32 Å². The number of carbonyl (C=O) groups excluding carboxylic acids is 1. The third-order valence-electron chi connectivity index (χ3n) is 2.54. The number of rotatable bonds is 5. The molecule has 1 aromatic rings. The van der Waals surface area contributed by atoms with Crippen LogP contribution in [-0.4, -0.2) is 24.8 Å². The summed E-state index contributed by atoms with van der Waals surface area (Å²) in [6.07, 6.45) is 0.432. The van der Waals surface area contributed by atoms with Crippen LogP contribution in [0.3, 0.4) is 0 Å². The lowest BCUT2D eigenvalue weighted by Gasteiger charge is -2.19. The van der Waals surface area contributed by atoms with E-state index in [1.165, 1.54) is 0 Å². The molecule has 0 spiro atoms. The molecule has 0 heterocycles. The van der Waals surface area contributed by atoms with Gasteiger partial charge >= 0.3 is 6.09 Å². The zero-order valence-electron chi connectivity index (χ0n) is 12.5. The number of anilines is 1. The smallest absolute Gasteiger partial charge is 0.407 e. The second kappa shape index (κ2) is 7.39. The molecule has 1 aromatic carbocycles. The molecule has 0 aliphatic carbocycles. The maximum atomic E-state index is 11.4. The molecule has 0 aliphatic heterocycles. The zero-order chi connectivity index (χ0) is 15.2. The Morgan fingerprint density at radius 2 is 2.00 bits per heavy atom. The maximum Gasteiger partial charge on any atom is 0.407 e. The van der Waals surface area contributed by atoms with Crippen molar-refractivity contribution in [1.29, 1.82) is 0 Å². The van der Waals surface area contributed by atoms with E-state index in [1.807, 2.05) is 45.9 Å². The van der Waals surface area contributed by atoms with E-state index in [1.54, 1.807) is 0 Å². The minimum Gasteiger partial charge on any atom is -0.444 e. The first-order chi connectivity index (χ1) is 9.28. The summed E-state index contributed by atoms with van der Waals surface area (Å²) in [4.78, 5) is 11.4. The highest BCUT2D eigenvalue weighted by atomic mass is 35.5. The van der Waals surface area contributed by atoms with E-state index in [0.717, 1.165) is 24.2 Å². The highest BCUT2D eigenvalue weighted by Crippen LogP contribution is 2.19. The summed E-state index contributed by atoms with van der Waals surface area (Å²) < 4.78 is 5.15. The molecule has 5 heteroatoms. The fraction of sp³-hybridized carbons (Fsp3) is 0.533. The van der Waals surface area contributed by atoms with Gasteiger partial charge in [-0.25, -0.2) is 4.79 Å². The SMILES string of the molecule is Cc1ccc(Cl)cc1NCCCNC(=O)OC(C)(C)C.